The molecule has 0 spiro atoms. The van der Waals surface area contributed by atoms with Gasteiger partial charge in [0.25, 0.3) is 0 Å². The molecule has 0 saturated heterocycles. The molecule has 0 aliphatic heterocycles. The van der Waals surface area contributed by atoms with Gasteiger partial charge in [-0.25, -0.2) is 9.97 Å². The quantitative estimate of drug-likeness (QED) is 0.388. The van der Waals surface area contributed by atoms with E-state index < -0.39 is 0 Å². The highest BCUT2D eigenvalue weighted by atomic mass is 35.5. The van der Waals surface area contributed by atoms with Crippen molar-refractivity contribution in [1.29, 1.82) is 0 Å². The first kappa shape index (κ1) is 16.5. The lowest BCUT2D eigenvalue weighted by Gasteiger charge is -2.04. The third-order valence-electron chi connectivity index (χ3n) is 3.72. The van der Waals surface area contributed by atoms with E-state index in [-0.39, 0.29) is 0 Å². The minimum atomic E-state index is 0.617. The number of hydrogen-bond donors (Lipinski definition) is 1. The van der Waals surface area contributed by atoms with Gasteiger partial charge in [0.15, 0.2) is 0 Å². The third-order valence-corrected chi connectivity index (χ3v) is 4.80. The third kappa shape index (κ3) is 3.66. The lowest BCUT2D eigenvalue weighted by atomic mass is 10.2. The second kappa shape index (κ2) is 7.51. The Morgan fingerprint density at radius 1 is 1.15 bits per heavy atom. The van der Waals surface area contributed by atoms with E-state index in [1.165, 1.54) is 11.3 Å². The van der Waals surface area contributed by atoms with Crippen LogP contribution in [0.3, 0.4) is 0 Å². The number of nitrogens with one attached hydrogen (secondary N) is 1. The number of thiazole rings is 1. The van der Waals surface area contributed by atoms with Crippen molar-refractivity contribution in [2.45, 2.75) is 0 Å². The molecule has 0 aliphatic carbocycles. The van der Waals surface area contributed by atoms with Gasteiger partial charge in [0, 0.05) is 34.6 Å². The topological polar surface area (TPSA) is 55.1 Å². The van der Waals surface area contributed by atoms with E-state index in [4.69, 9.17) is 11.6 Å². The van der Waals surface area contributed by atoms with Crippen molar-refractivity contribution in [1.82, 2.24) is 14.5 Å². The lowest BCUT2D eigenvalue weighted by molar-refractivity contribution is 1.06. The molecule has 0 saturated carbocycles. The minimum Gasteiger partial charge on any atom is -0.306 e. The molecule has 1 N–H and O–H groups in total. The first-order valence-corrected chi connectivity index (χ1v) is 9.13. The van der Waals surface area contributed by atoms with E-state index in [0.717, 1.165) is 27.6 Å². The fraction of sp³-hybridized carbons (Fsp3) is 0. The highest BCUT2D eigenvalue weighted by molar-refractivity contribution is 7.14. The minimum absolute atomic E-state index is 0.617. The van der Waals surface area contributed by atoms with Crippen LogP contribution in [0.25, 0.3) is 16.9 Å². The van der Waals surface area contributed by atoms with Gasteiger partial charge in [-0.15, -0.1) is 11.3 Å². The molecule has 4 rings (SSSR count). The Hall–Kier alpha value is -2.96. The second-order valence-corrected chi connectivity index (χ2v) is 6.71. The number of halogens is 1. The van der Waals surface area contributed by atoms with Gasteiger partial charge in [-0.3, -0.25) is 5.43 Å². The van der Waals surface area contributed by atoms with E-state index in [2.05, 4.69) is 20.5 Å². The van der Waals surface area contributed by atoms with Crippen LogP contribution in [0.5, 0.6) is 0 Å². The molecule has 26 heavy (non-hydrogen) atoms. The molecule has 0 unspecified atom stereocenters. The molecule has 0 aliphatic rings. The lowest BCUT2D eigenvalue weighted by Crippen LogP contribution is -1.94. The molecule has 0 bridgehead atoms. The zero-order chi connectivity index (χ0) is 17.8. The number of anilines is 1. The van der Waals surface area contributed by atoms with Gasteiger partial charge in [-0.1, -0.05) is 41.9 Å². The van der Waals surface area contributed by atoms with E-state index in [9.17, 15) is 0 Å². The number of hydrazone groups is 1. The van der Waals surface area contributed by atoms with Crippen molar-refractivity contribution in [3.05, 3.63) is 83.2 Å². The highest BCUT2D eigenvalue weighted by Gasteiger charge is 2.04. The number of aromatic nitrogens is 3. The summed E-state index contributed by atoms with van der Waals surface area (Å²) in [5, 5.41) is 7.59. The van der Waals surface area contributed by atoms with Crippen molar-refractivity contribution in [2.75, 3.05) is 5.43 Å². The first-order valence-electron chi connectivity index (χ1n) is 7.87. The number of rotatable bonds is 5. The molecule has 128 valence electrons. The van der Waals surface area contributed by atoms with Crippen LogP contribution in [0, 0.1) is 0 Å². The Labute approximate surface area is 159 Å². The molecule has 4 aromatic rings. The SMILES string of the molecule is Clc1cc(-n2ccnc2)ccc1C=NNc1nc(-c2ccccc2)cs1. The Balaban J connectivity index is 1.45. The fourth-order valence-electron chi connectivity index (χ4n) is 2.42. The molecule has 2 aromatic heterocycles. The predicted molar refractivity (Wildman–Crippen MR) is 107 cm³/mol. The predicted octanol–water partition coefficient (Wildman–Crippen LogP) is 5.10. The molecule has 2 aromatic carbocycles. The molecule has 2 heterocycles. The Kier molecular flexibility index (Phi) is 4.77. The van der Waals surface area contributed by atoms with E-state index in [0.29, 0.717) is 5.02 Å². The highest BCUT2D eigenvalue weighted by Crippen LogP contribution is 2.24. The maximum Gasteiger partial charge on any atom is 0.203 e. The molecule has 0 fully saturated rings. The van der Waals surface area contributed by atoms with Crippen molar-refractivity contribution in [3.8, 4) is 16.9 Å². The Bertz CT molecular complexity index is 1030. The standard InChI is InChI=1S/C19H14ClN5S/c20-17-10-16(25-9-8-21-13-25)7-6-15(17)11-22-24-19-23-18(12-26-19)14-4-2-1-3-5-14/h1-13H,(H,23,24). The molecule has 0 radical (unpaired) electrons. The normalized spacial score (nSPS) is 11.1. The summed E-state index contributed by atoms with van der Waals surface area (Å²) in [5.41, 5.74) is 6.74. The van der Waals surface area contributed by atoms with Gasteiger partial charge in [-0.05, 0) is 18.2 Å². The van der Waals surface area contributed by atoms with Gasteiger partial charge in [-0.2, -0.15) is 5.10 Å². The number of benzene rings is 2. The molecule has 0 atom stereocenters. The van der Waals surface area contributed by atoms with Crippen LogP contribution in [0.2, 0.25) is 5.02 Å². The zero-order valence-corrected chi connectivity index (χ0v) is 15.2. The van der Waals surface area contributed by atoms with Gasteiger partial charge >= 0.3 is 0 Å². The van der Waals surface area contributed by atoms with Crippen molar-refractivity contribution >= 4 is 34.3 Å². The fourth-order valence-corrected chi connectivity index (χ4v) is 3.31. The van der Waals surface area contributed by atoms with Gasteiger partial charge in [0.2, 0.25) is 5.13 Å². The summed E-state index contributed by atoms with van der Waals surface area (Å²) in [5.74, 6) is 0. The summed E-state index contributed by atoms with van der Waals surface area (Å²) in [6.07, 6.45) is 7.01. The molecule has 0 amide bonds. The van der Waals surface area contributed by atoms with E-state index in [1.54, 1.807) is 18.7 Å². The maximum atomic E-state index is 6.35. The van der Waals surface area contributed by atoms with Gasteiger partial charge < -0.3 is 4.57 Å². The molecular weight excluding hydrogens is 366 g/mol. The monoisotopic (exact) mass is 379 g/mol. The number of nitrogens with zero attached hydrogens (tertiary/aromatic N) is 4. The van der Waals surface area contributed by atoms with E-state index in [1.807, 2.05) is 64.7 Å². The zero-order valence-electron chi connectivity index (χ0n) is 13.6. The Morgan fingerprint density at radius 2 is 2.04 bits per heavy atom. The maximum absolute atomic E-state index is 6.35. The van der Waals surface area contributed by atoms with Crippen molar-refractivity contribution < 1.29 is 0 Å². The van der Waals surface area contributed by atoms with Crippen LogP contribution in [-0.4, -0.2) is 20.7 Å². The van der Waals surface area contributed by atoms with Crippen LogP contribution in [0.15, 0.2) is 77.7 Å². The van der Waals surface area contributed by atoms with E-state index >= 15 is 0 Å². The van der Waals surface area contributed by atoms with Crippen LogP contribution in [0.1, 0.15) is 5.56 Å². The van der Waals surface area contributed by atoms with Crippen LogP contribution in [0.4, 0.5) is 5.13 Å². The summed E-state index contributed by atoms with van der Waals surface area (Å²) in [6.45, 7) is 0. The molecular formula is C19H14ClN5S. The molecule has 7 heteroatoms. The summed E-state index contributed by atoms with van der Waals surface area (Å²) in [6, 6.07) is 15.8. The number of imidazole rings is 1. The first-order chi connectivity index (χ1) is 12.8. The molecule has 5 nitrogen and oxygen atoms in total. The van der Waals surface area contributed by atoms with Crippen LogP contribution >= 0.6 is 22.9 Å². The van der Waals surface area contributed by atoms with Gasteiger partial charge in [0.1, 0.15) is 0 Å². The van der Waals surface area contributed by atoms with Crippen LogP contribution in [-0.2, 0) is 0 Å². The van der Waals surface area contributed by atoms with Crippen LogP contribution < -0.4 is 5.43 Å². The van der Waals surface area contributed by atoms with Crippen molar-refractivity contribution in [2.24, 2.45) is 5.10 Å². The smallest absolute Gasteiger partial charge is 0.203 e. The van der Waals surface area contributed by atoms with Crippen molar-refractivity contribution in [3.63, 3.8) is 0 Å². The largest absolute Gasteiger partial charge is 0.306 e. The summed E-state index contributed by atoms with van der Waals surface area (Å²) >= 11 is 7.85. The summed E-state index contributed by atoms with van der Waals surface area (Å²) in [7, 11) is 0. The average molecular weight is 380 g/mol. The average Bonchev–Trinajstić information content (AvgIpc) is 3.36. The Morgan fingerprint density at radius 3 is 2.81 bits per heavy atom. The summed E-state index contributed by atoms with van der Waals surface area (Å²) in [4.78, 5) is 8.57. The van der Waals surface area contributed by atoms with Gasteiger partial charge in [0.05, 0.1) is 23.3 Å². The second-order valence-electron chi connectivity index (χ2n) is 5.45. The number of hydrogen-bond acceptors (Lipinski definition) is 5. The summed E-state index contributed by atoms with van der Waals surface area (Å²) < 4.78 is 1.89.